The monoisotopic (exact) mass is 350 g/mol. The SMILES string of the molecule is CC[C@H]1CN(C(=O)c2ccc3c(c2)c2ccccc2n3C)CC[C@@]1(C)O. The molecule has 2 atom stereocenters. The Labute approximate surface area is 154 Å². The predicted molar refractivity (Wildman–Crippen MR) is 105 cm³/mol. The van der Waals surface area contributed by atoms with Crippen molar-refractivity contribution < 1.29 is 9.90 Å². The van der Waals surface area contributed by atoms with E-state index in [1.807, 2.05) is 42.2 Å². The number of hydrogen-bond donors (Lipinski definition) is 1. The maximum absolute atomic E-state index is 13.1. The largest absolute Gasteiger partial charge is 0.390 e. The van der Waals surface area contributed by atoms with Crippen LogP contribution in [-0.4, -0.2) is 39.2 Å². The Hall–Kier alpha value is -2.33. The first-order valence-corrected chi connectivity index (χ1v) is 9.41. The van der Waals surface area contributed by atoms with Gasteiger partial charge in [0.15, 0.2) is 0 Å². The van der Waals surface area contributed by atoms with Crippen molar-refractivity contribution in [3.63, 3.8) is 0 Å². The highest BCUT2D eigenvalue weighted by Crippen LogP contribution is 2.32. The molecule has 4 heteroatoms. The number of para-hydroxylation sites is 1. The Kier molecular flexibility index (Phi) is 4.03. The second kappa shape index (κ2) is 6.13. The molecular formula is C22H26N2O2. The zero-order valence-corrected chi connectivity index (χ0v) is 15.7. The van der Waals surface area contributed by atoms with E-state index >= 15 is 0 Å². The number of likely N-dealkylation sites (tertiary alicyclic amines) is 1. The first kappa shape index (κ1) is 17.1. The molecule has 0 spiro atoms. The third-order valence-electron chi connectivity index (χ3n) is 6.15. The van der Waals surface area contributed by atoms with Gasteiger partial charge in [0.2, 0.25) is 0 Å². The van der Waals surface area contributed by atoms with Gasteiger partial charge >= 0.3 is 0 Å². The molecule has 4 rings (SSSR count). The molecule has 1 aliphatic rings. The average Bonchev–Trinajstić information content (AvgIpc) is 2.93. The van der Waals surface area contributed by atoms with E-state index < -0.39 is 5.60 Å². The highest BCUT2D eigenvalue weighted by Gasteiger charge is 2.38. The number of aromatic nitrogens is 1. The third-order valence-corrected chi connectivity index (χ3v) is 6.15. The minimum Gasteiger partial charge on any atom is -0.390 e. The summed E-state index contributed by atoms with van der Waals surface area (Å²) in [6.45, 7) is 5.20. The molecule has 2 heterocycles. The zero-order valence-electron chi connectivity index (χ0n) is 15.7. The summed E-state index contributed by atoms with van der Waals surface area (Å²) in [6.07, 6.45) is 1.51. The topological polar surface area (TPSA) is 45.5 Å². The molecule has 1 aromatic heterocycles. The molecule has 136 valence electrons. The molecule has 0 saturated carbocycles. The van der Waals surface area contributed by atoms with Crippen molar-refractivity contribution in [2.75, 3.05) is 13.1 Å². The van der Waals surface area contributed by atoms with Gasteiger partial charge in [0.25, 0.3) is 5.91 Å². The fourth-order valence-corrected chi connectivity index (χ4v) is 4.36. The summed E-state index contributed by atoms with van der Waals surface area (Å²) in [5.41, 5.74) is 2.36. The summed E-state index contributed by atoms with van der Waals surface area (Å²) in [7, 11) is 2.06. The van der Waals surface area contributed by atoms with E-state index in [0.717, 1.165) is 22.9 Å². The Morgan fingerprint density at radius 3 is 2.69 bits per heavy atom. The third kappa shape index (κ3) is 2.60. The van der Waals surface area contributed by atoms with Gasteiger partial charge < -0.3 is 14.6 Å². The van der Waals surface area contributed by atoms with Gasteiger partial charge in [-0.05, 0) is 44.0 Å². The highest BCUT2D eigenvalue weighted by molar-refractivity contribution is 6.10. The second-order valence-electron chi connectivity index (χ2n) is 7.77. The number of aliphatic hydroxyl groups is 1. The molecule has 0 radical (unpaired) electrons. The number of fused-ring (bicyclic) bond motifs is 3. The lowest BCUT2D eigenvalue weighted by Gasteiger charge is -2.42. The van der Waals surface area contributed by atoms with Gasteiger partial charge in [-0.3, -0.25) is 4.79 Å². The molecule has 4 nitrogen and oxygen atoms in total. The zero-order chi connectivity index (χ0) is 18.5. The number of carbonyl (C=O) groups excluding carboxylic acids is 1. The standard InChI is InChI=1S/C22H26N2O2/c1-4-16-14-24(12-11-22(16,2)26)21(25)15-9-10-20-18(13-15)17-7-5-6-8-19(17)23(20)3/h5-10,13,16,26H,4,11-12,14H2,1-3H3/t16-,22+/m0/s1. The van der Waals surface area contributed by atoms with Gasteiger partial charge in [0, 0.05) is 53.4 Å². The number of piperidine rings is 1. The number of aryl methyl sites for hydroxylation is 1. The van der Waals surface area contributed by atoms with Gasteiger partial charge in [0.1, 0.15) is 0 Å². The fraction of sp³-hybridized carbons (Fsp3) is 0.409. The van der Waals surface area contributed by atoms with Crippen molar-refractivity contribution in [1.82, 2.24) is 9.47 Å². The maximum atomic E-state index is 13.1. The Morgan fingerprint density at radius 2 is 1.92 bits per heavy atom. The first-order chi connectivity index (χ1) is 12.4. The van der Waals surface area contributed by atoms with Crippen molar-refractivity contribution in [2.45, 2.75) is 32.3 Å². The Morgan fingerprint density at radius 1 is 1.19 bits per heavy atom. The van der Waals surface area contributed by atoms with Crippen LogP contribution in [0, 0.1) is 5.92 Å². The van der Waals surface area contributed by atoms with Gasteiger partial charge in [0.05, 0.1) is 5.60 Å². The summed E-state index contributed by atoms with van der Waals surface area (Å²) in [6, 6.07) is 14.3. The smallest absolute Gasteiger partial charge is 0.253 e. The van der Waals surface area contributed by atoms with E-state index in [1.54, 1.807) is 0 Å². The van der Waals surface area contributed by atoms with E-state index in [1.165, 1.54) is 10.9 Å². The fourth-order valence-electron chi connectivity index (χ4n) is 4.36. The van der Waals surface area contributed by atoms with Gasteiger partial charge in [-0.2, -0.15) is 0 Å². The van der Waals surface area contributed by atoms with Gasteiger partial charge in [-0.1, -0.05) is 25.1 Å². The van der Waals surface area contributed by atoms with Gasteiger partial charge in [-0.15, -0.1) is 0 Å². The normalized spacial score (nSPS) is 23.7. The van der Waals surface area contributed by atoms with Crippen molar-refractivity contribution in [2.24, 2.45) is 13.0 Å². The van der Waals surface area contributed by atoms with Crippen molar-refractivity contribution in [1.29, 1.82) is 0 Å². The molecule has 2 aromatic carbocycles. The van der Waals surface area contributed by atoms with E-state index in [0.29, 0.717) is 19.5 Å². The maximum Gasteiger partial charge on any atom is 0.253 e. The highest BCUT2D eigenvalue weighted by atomic mass is 16.3. The van der Waals surface area contributed by atoms with Crippen molar-refractivity contribution in [3.05, 3.63) is 48.0 Å². The number of hydrogen-bond acceptors (Lipinski definition) is 2. The van der Waals surface area contributed by atoms with E-state index in [-0.39, 0.29) is 11.8 Å². The van der Waals surface area contributed by atoms with Crippen LogP contribution in [0.2, 0.25) is 0 Å². The Balaban J connectivity index is 1.71. The van der Waals surface area contributed by atoms with Crippen LogP contribution >= 0.6 is 0 Å². The summed E-state index contributed by atoms with van der Waals surface area (Å²) >= 11 is 0. The molecule has 1 fully saturated rings. The van der Waals surface area contributed by atoms with Crippen LogP contribution in [0.1, 0.15) is 37.0 Å². The van der Waals surface area contributed by atoms with Crippen LogP contribution in [0.25, 0.3) is 21.8 Å². The molecule has 3 aromatic rings. The number of amides is 1. The lowest BCUT2D eigenvalue weighted by Crippen LogP contribution is -2.51. The van der Waals surface area contributed by atoms with E-state index in [4.69, 9.17) is 0 Å². The molecule has 0 unspecified atom stereocenters. The van der Waals surface area contributed by atoms with Crippen LogP contribution in [-0.2, 0) is 7.05 Å². The molecule has 0 bridgehead atoms. The Bertz CT molecular complexity index is 986. The molecule has 1 saturated heterocycles. The number of rotatable bonds is 2. The lowest BCUT2D eigenvalue weighted by molar-refractivity contribution is -0.0521. The van der Waals surface area contributed by atoms with Crippen LogP contribution in [0.4, 0.5) is 0 Å². The van der Waals surface area contributed by atoms with E-state index in [9.17, 15) is 9.90 Å². The quantitative estimate of drug-likeness (QED) is 0.760. The number of benzene rings is 2. The molecule has 1 N–H and O–H groups in total. The second-order valence-corrected chi connectivity index (χ2v) is 7.77. The van der Waals surface area contributed by atoms with Crippen LogP contribution in [0.3, 0.4) is 0 Å². The van der Waals surface area contributed by atoms with E-state index in [2.05, 4.69) is 30.7 Å². The summed E-state index contributed by atoms with van der Waals surface area (Å²) in [4.78, 5) is 15.0. The first-order valence-electron chi connectivity index (χ1n) is 9.41. The number of carbonyl (C=O) groups is 1. The minimum absolute atomic E-state index is 0.0637. The molecule has 1 aliphatic heterocycles. The average molecular weight is 350 g/mol. The summed E-state index contributed by atoms with van der Waals surface area (Å²) < 4.78 is 2.17. The van der Waals surface area contributed by atoms with Crippen LogP contribution < -0.4 is 0 Å². The predicted octanol–water partition coefficient (Wildman–Crippen LogP) is 3.95. The summed E-state index contributed by atoms with van der Waals surface area (Å²) in [5.74, 6) is 0.190. The van der Waals surface area contributed by atoms with Gasteiger partial charge in [-0.25, -0.2) is 0 Å². The van der Waals surface area contributed by atoms with Crippen LogP contribution in [0.15, 0.2) is 42.5 Å². The summed E-state index contributed by atoms with van der Waals surface area (Å²) in [5, 5.41) is 12.8. The van der Waals surface area contributed by atoms with Crippen molar-refractivity contribution in [3.8, 4) is 0 Å². The van der Waals surface area contributed by atoms with Crippen LogP contribution in [0.5, 0.6) is 0 Å². The van der Waals surface area contributed by atoms with Crippen molar-refractivity contribution >= 4 is 27.7 Å². The molecular weight excluding hydrogens is 324 g/mol. The molecule has 0 aliphatic carbocycles. The lowest BCUT2D eigenvalue weighted by atomic mass is 9.81. The number of nitrogens with zero attached hydrogens (tertiary/aromatic N) is 2. The molecule has 1 amide bonds. The minimum atomic E-state index is -0.675. The molecule has 26 heavy (non-hydrogen) atoms.